The lowest BCUT2D eigenvalue weighted by molar-refractivity contribution is -0.120. The van der Waals surface area contributed by atoms with Gasteiger partial charge in [-0.2, -0.15) is 0 Å². The van der Waals surface area contributed by atoms with E-state index in [2.05, 4.69) is 35.6 Å². The van der Waals surface area contributed by atoms with Crippen molar-refractivity contribution in [2.45, 2.75) is 32.6 Å². The van der Waals surface area contributed by atoms with Crippen LogP contribution in [0.5, 0.6) is 0 Å². The van der Waals surface area contributed by atoms with Crippen molar-refractivity contribution in [2.75, 3.05) is 18.2 Å². The standard InChI is InChI=1S/C20H22BrClNO2P/c1-12-9-16(22)13(11-18(21)26(2,3)4)10-17(12)23-19(24)14-7-5-6-8-15(14)20(23)25/h9-11H,2,5-8H2,1,3-4H3. The van der Waals surface area contributed by atoms with E-state index in [4.69, 9.17) is 11.6 Å². The van der Waals surface area contributed by atoms with Crippen LogP contribution in [0.3, 0.4) is 0 Å². The van der Waals surface area contributed by atoms with Gasteiger partial charge in [-0.15, -0.1) is 0 Å². The summed E-state index contributed by atoms with van der Waals surface area (Å²) in [7, 11) is 0. The second-order valence-corrected chi connectivity index (χ2v) is 13.1. The number of hydrogen-bond donors (Lipinski definition) is 0. The largest absolute Gasteiger partial charge is 0.269 e. The van der Waals surface area contributed by atoms with Crippen molar-refractivity contribution < 1.29 is 9.59 Å². The van der Waals surface area contributed by atoms with Gasteiger partial charge in [0, 0.05) is 20.4 Å². The van der Waals surface area contributed by atoms with Gasteiger partial charge >= 0.3 is 0 Å². The Hall–Kier alpha value is -1.09. The van der Waals surface area contributed by atoms with E-state index < -0.39 is 6.89 Å². The first-order valence-corrected chi connectivity index (χ1v) is 12.6. The Kier molecular flexibility index (Phi) is 5.40. The monoisotopic (exact) mass is 453 g/mol. The Morgan fingerprint density at radius 2 is 1.73 bits per heavy atom. The molecule has 2 aliphatic rings. The summed E-state index contributed by atoms with van der Waals surface area (Å²) in [5.41, 5.74) is 3.60. The van der Waals surface area contributed by atoms with Crippen LogP contribution in [0.15, 0.2) is 27.5 Å². The zero-order valence-corrected chi connectivity index (χ0v) is 18.5. The highest BCUT2D eigenvalue weighted by Gasteiger charge is 2.40. The summed E-state index contributed by atoms with van der Waals surface area (Å²) < 4.78 is 0.998. The molecule has 0 fully saturated rings. The van der Waals surface area contributed by atoms with E-state index in [-0.39, 0.29) is 11.8 Å². The van der Waals surface area contributed by atoms with Crippen LogP contribution >= 0.6 is 34.4 Å². The molecular formula is C20H22BrClNO2P. The molecule has 1 aromatic carbocycles. The number of rotatable bonds is 3. The van der Waals surface area contributed by atoms with Gasteiger partial charge in [-0.05, 0) is 75.3 Å². The molecule has 26 heavy (non-hydrogen) atoms. The van der Waals surface area contributed by atoms with Gasteiger partial charge in [-0.1, -0.05) is 40.7 Å². The number of carbonyl (C=O) groups is 2. The number of benzene rings is 1. The maximum Gasteiger partial charge on any atom is 0.261 e. The van der Waals surface area contributed by atoms with Crippen molar-refractivity contribution in [3.05, 3.63) is 43.7 Å². The molecule has 0 unspecified atom stereocenters. The second kappa shape index (κ2) is 7.14. The van der Waals surface area contributed by atoms with E-state index in [0.717, 1.165) is 28.2 Å². The molecule has 0 saturated carbocycles. The average Bonchev–Trinajstić information content (AvgIpc) is 2.81. The van der Waals surface area contributed by atoms with Crippen LogP contribution in [0.4, 0.5) is 5.69 Å². The Balaban J connectivity index is 2.07. The smallest absolute Gasteiger partial charge is 0.261 e. The van der Waals surface area contributed by atoms with Crippen molar-refractivity contribution in [3.63, 3.8) is 0 Å². The first-order chi connectivity index (χ1) is 12.1. The zero-order valence-electron chi connectivity index (χ0n) is 15.2. The molecule has 0 radical (unpaired) electrons. The molecule has 0 saturated heterocycles. The summed E-state index contributed by atoms with van der Waals surface area (Å²) in [6, 6.07) is 3.65. The van der Waals surface area contributed by atoms with Crippen LogP contribution in [-0.4, -0.2) is 31.4 Å². The summed E-state index contributed by atoms with van der Waals surface area (Å²) in [5.74, 6) is -0.344. The first kappa shape index (κ1) is 19.7. The number of amides is 2. The van der Waals surface area contributed by atoms with Gasteiger partial charge in [-0.25, -0.2) is 4.90 Å². The summed E-state index contributed by atoms with van der Waals surface area (Å²) in [4.78, 5) is 27.1. The van der Waals surface area contributed by atoms with Crippen molar-refractivity contribution in [1.29, 1.82) is 0 Å². The van der Waals surface area contributed by atoms with Crippen molar-refractivity contribution in [1.82, 2.24) is 0 Å². The van der Waals surface area contributed by atoms with Gasteiger partial charge in [0.2, 0.25) is 0 Å². The molecule has 0 aromatic heterocycles. The summed E-state index contributed by atoms with van der Waals surface area (Å²) in [5, 5.41) is 0.591. The molecule has 2 amide bonds. The normalized spacial score (nSPS) is 18.7. The van der Waals surface area contributed by atoms with E-state index in [1.807, 2.05) is 25.1 Å². The summed E-state index contributed by atoms with van der Waals surface area (Å²) in [6.45, 7) is 4.60. The molecule has 0 atom stereocenters. The van der Waals surface area contributed by atoms with Crippen LogP contribution < -0.4 is 4.90 Å². The topological polar surface area (TPSA) is 37.4 Å². The third-order valence-electron chi connectivity index (χ3n) is 4.80. The highest BCUT2D eigenvalue weighted by atomic mass is 79.9. The molecule has 1 aliphatic heterocycles. The molecule has 0 N–H and O–H groups in total. The molecule has 6 heteroatoms. The maximum absolute atomic E-state index is 12.9. The lowest BCUT2D eigenvalue weighted by Crippen LogP contribution is -2.32. The predicted octanol–water partition coefficient (Wildman–Crippen LogP) is 5.79. The third kappa shape index (κ3) is 3.52. The highest BCUT2D eigenvalue weighted by molar-refractivity contribution is 9.13. The molecule has 1 aliphatic carbocycles. The molecular weight excluding hydrogens is 433 g/mol. The fourth-order valence-electron chi connectivity index (χ4n) is 3.29. The number of aryl methyl sites for hydroxylation is 1. The number of anilines is 1. The van der Waals surface area contributed by atoms with Gasteiger partial charge in [0.25, 0.3) is 11.8 Å². The fraction of sp³-hybridized carbons (Fsp3) is 0.350. The second-order valence-electron chi connectivity index (χ2n) is 7.42. The number of imide groups is 1. The Morgan fingerprint density at radius 1 is 1.19 bits per heavy atom. The average molecular weight is 455 g/mol. The van der Waals surface area contributed by atoms with Crippen LogP contribution in [0.2, 0.25) is 5.02 Å². The van der Waals surface area contributed by atoms with Gasteiger partial charge in [-0.3, -0.25) is 9.59 Å². The Morgan fingerprint density at radius 3 is 2.23 bits per heavy atom. The molecule has 0 spiro atoms. The summed E-state index contributed by atoms with van der Waals surface area (Å²) >= 11 is 10.0. The van der Waals surface area contributed by atoms with E-state index in [0.29, 0.717) is 34.7 Å². The van der Waals surface area contributed by atoms with Crippen LogP contribution in [0.25, 0.3) is 6.08 Å². The van der Waals surface area contributed by atoms with Crippen LogP contribution in [0, 0.1) is 6.92 Å². The number of halogens is 2. The minimum atomic E-state index is -1.48. The molecule has 138 valence electrons. The first-order valence-electron chi connectivity index (χ1n) is 8.58. The van der Waals surface area contributed by atoms with Crippen LogP contribution in [-0.2, 0) is 9.59 Å². The van der Waals surface area contributed by atoms with Gasteiger partial charge in [0.15, 0.2) is 0 Å². The van der Waals surface area contributed by atoms with E-state index in [1.165, 1.54) is 4.90 Å². The van der Waals surface area contributed by atoms with Gasteiger partial charge < -0.3 is 0 Å². The predicted molar refractivity (Wildman–Crippen MR) is 117 cm³/mol. The zero-order chi connectivity index (χ0) is 19.2. The van der Waals surface area contributed by atoms with E-state index >= 15 is 0 Å². The van der Waals surface area contributed by atoms with Crippen molar-refractivity contribution in [3.8, 4) is 0 Å². The molecule has 1 heterocycles. The highest BCUT2D eigenvalue weighted by Crippen LogP contribution is 2.50. The van der Waals surface area contributed by atoms with Gasteiger partial charge in [0.05, 0.1) is 5.69 Å². The van der Waals surface area contributed by atoms with Crippen LogP contribution in [0.1, 0.15) is 36.8 Å². The number of carbonyl (C=O) groups excluding carboxylic acids is 2. The summed E-state index contributed by atoms with van der Waals surface area (Å²) in [6.07, 6.45) is 9.49. The minimum Gasteiger partial charge on any atom is -0.269 e. The molecule has 0 bridgehead atoms. The molecule has 1 aromatic rings. The number of nitrogens with zero attached hydrogens (tertiary/aromatic N) is 1. The van der Waals surface area contributed by atoms with Crippen molar-refractivity contribution >= 4 is 64.3 Å². The quantitative estimate of drug-likeness (QED) is 0.428. The minimum absolute atomic E-state index is 0.172. The van der Waals surface area contributed by atoms with Gasteiger partial charge in [0.1, 0.15) is 0 Å². The maximum atomic E-state index is 12.9. The SMILES string of the molecule is C=P(C)(C)C(Br)=Cc1cc(N2C(=O)C3=C(CCCC3)C2=O)c(C)cc1Cl. The molecule has 3 rings (SSSR count). The third-order valence-corrected chi connectivity index (χ3v) is 9.52. The lowest BCUT2D eigenvalue weighted by atomic mass is 9.93. The van der Waals surface area contributed by atoms with E-state index in [1.54, 1.807) is 0 Å². The van der Waals surface area contributed by atoms with Crippen molar-refractivity contribution in [2.24, 2.45) is 0 Å². The Bertz CT molecular complexity index is 898. The lowest BCUT2D eigenvalue weighted by Gasteiger charge is -2.19. The Labute approximate surface area is 168 Å². The molecule has 3 nitrogen and oxygen atoms in total. The van der Waals surface area contributed by atoms with E-state index in [9.17, 15) is 9.59 Å². The number of hydrogen-bond acceptors (Lipinski definition) is 2. The fourth-order valence-corrected chi connectivity index (χ4v) is 4.30.